The van der Waals surface area contributed by atoms with Crippen molar-refractivity contribution in [2.45, 2.75) is 30.7 Å². The average molecular weight is 392 g/mol. The minimum Gasteiger partial charge on any atom is -0.305 e. The molecule has 3 rings (SSSR count). The molecule has 0 bridgehead atoms. The normalized spacial score (nSPS) is 11.3. The molecule has 1 aromatic heterocycles. The molecule has 3 aromatic rings. The third-order valence-corrected chi connectivity index (χ3v) is 5.85. The number of benzene rings is 2. The van der Waals surface area contributed by atoms with Crippen molar-refractivity contribution in [2.24, 2.45) is 7.05 Å². The summed E-state index contributed by atoms with van der Waals surface area (Å²) in [4.78, 5) is 0. The van der Waals surface area contributed by atoms with Crippen molar-refractivity contribution >= 4 is 35.0 Å². The van der Waals surface area contributed by atoms with Crippen LogP contribution in [0, 0.1) is 0 Å². The minimum atomic E-state index is 0.519. The molecule has 6 heteroatoms. The Morgan fingerprint density at radius 2 is 1.72 bits per heavy atom. The number of thioether (sulfide) groups is 1. The first-order valence-electron chi connectivity index (χ1n) is 8.02. The molecule has 0 N–H and O–H groups in total. The van der Waals surface area contributed by atoms with E-state index in [1.165, 1.54) is 5.56 Å². The first-order chi connectivity index (χ1) is 12.0. The summed E-state index contributed by atoms with van der Waals surface area (Å²) >= 11 is 13.7. The van der Waals surface area contributed by atoms with Gasteiger partial charge in [-0.15, -0.1) is 10.2 Å². The van der Waals surface area contributed by atoms with E-state index in [1.807, 2.05) is 29.8 Å². The van der Waals surface area contributed by atoms with Gasteiger partial charge in [-0.25, -0.2) is 0 Å². The van der Waals surface area contributed by atoms with E-state index >= 15 is 0 Å². The second-order valence-corrected chi connectivity index (χ2v) is 7.94. The Balaban J connectivity index is 1.75. The van der Waals surface area contributed by atoms with E-state index in [0.29, 0.717) is 16.0 Å². The molecule has 2 aromatic carbocycles. The van der Waals surface area contributed by atoms with Crippen LogP contribution in [0.1, 0.15) is 30.9 Å². The second kappa shape index (κ2) is 7.81. The molecule has 0 aliphatic heterocycles. The maximum Gasteiger partial charge on any atom is 0.191 e. The molecule has 0 unspecified atom stereocenters. The molecule has 0 amide bonds. The van der Waals surface area contributed by atoms with Gasteiger partial charge in [-0.1, -0.05) is 79.1 Å². The lowest BCUT2D eigenvalue weighted by Gasteiger charge is -2.07. The lowest BCUT2D eigenvalue weighted by Crippen LogP contribution is -1.95. The van der Waals surface area contributed by atoms with E-state index in [0.717, 1.165) is 27.9 Å². The third-order valence-electron chi connectivity index (χ3n) is 4.02. The van der Waals surface area contributed by atoms with Gasteiger partial charge in [0.15, 0.2) is 11.0 Å². The summed E-state index contributed by atoms with van der Waals surface area (Å²) in [6.07, 6.45) is 0. The van der Waals surface area contributed by atoms with Crippen LogP contribution in [-0.2, 0) is 12.8 Å². The Hall–Kier alpha value is -1.49. The van der Waals surface area contributed by atoms with Crippen LogP contribution in [0.25, 0.3) is 11.4 Å². The fraction of sp³-hybridized carbons (Fsp3) is 0.263. The Morgan fingerprint density at radius 1 is 1.00 bits per heavy atom. The highest BCUT2D eigenvalue weighted by atomic mass is 35.5. The van der Waals surface area contributed by atoms with Crippen molar-refractivity contribution in [1.29, 1.82) is 0 Å². The number of aromatic nitrogens is 3. The van der Waals surface area contributed by atoms with Crippen LogP contribution in [0.2, 0.25) is 10.0 Å². The maximum absolute atomic E-state index is 6.07. The Morgan fingerprint density at radius 3 is 2.36 bits per heavy atom. The predicted octanol–water partition coefficient (Wildman–Crippen LogP) is 6.20. The van der Waals surface area contributed by atoms with Crippen molar-refractivity contribution in [1.82, 2.24) is 14.8 Å². The van der Waals surface area contributed by atoms with Crippen molar-refractivity contribution < 1.29 is 0 Å². The van der Waals surface area contributed by atoms with Gasteiger partial charge in [-0.2, -0.15) is 0 Å². The Bertz CT molecular complexity index is 873. The van der Waals surface area contributed by atoms with E-state index < -0.39 is 0 Å². The van der Waals surface area contributed by atoms with Crippen LogP contribution in [-0.4, -0.2) is 14.8 Å². The van der Waals surface area contributed by atoms with Crippen LogP contribution >= 0.6 is 35.0 Å². The number of halogens is 2. The van der Waals surface area contributed by atoms with Crippen molar-refractivity contribution in [2.75, 3.05) is 0 Å². The second-order valence-electron chi connectivity index (χ2n) is 6.18. The quantitative estimate of drug-likeness (QED) is 0.484. The summed E-state index contributed by atoms with van der Waals surface area (Å²) in [6.45, 7) is 4.38. The molecule has 0 spiro atoms. The van der Waals surface area contributed by atoms with Gasteiger partial charge in [0.2, 0.25) is 0 Å². The molecule has 130 valence electrons. The molecule has 0 saturated carbocycles. The first-order valence-corrected chi connectivity index (χ1v) is 9.76. The van der Waals surface area contributed by atoms with E-state index in [4.69, 9.17) is 23.2 Å². The first kappa shape index (κ1) is 18.3. The van der Waals surface area contributed by atoms with Crippen molar-refractivity contribution in [3.63, 3.8) is 0 Å². The lowest BCUT2D eigenvalue weighted by molar-refractivity contribution is 0.793. The van der Waals surface area contributed by atoms with Gasteiger partial charge in [0.1, 0.15) is 0 Å². The van der Waals surface area contributed by atoms with Crippen molar-refractivity contribution in [3.05, 3.63) is 63.6 Å². The Kier molecular flexibility index (Phi) is 5.72. The molecule has 0 fully saturated rings. The van der Waals surface area contributed by atoms with E-state index in [-0.39, 0.29) is 0 Å². The molecule has 1 heterocycles. The zero-order chi connectivity index (χ0) is 18.0. The number of hydrogen-bond donors (Lipinski definition) is 0. The minimum absolute atomic E-state index is 0.519. The van der Waals surface area contributed by atoms with Gasteiger partial charge >= 0.3 is 0 Å². The zero-order valence-corrected chi connectivity index (χ0v) is 16.7. The Labute approximate surface area is 162 Å². The predicted molar refractivity (Wildman–Crippen MR) is 107 cm³/mol. The summed E-state index contributed by atoms with van der Waals surface area (Å²) in [5.74, 6) is 2.15. The molecule has 3 nitrogen and oxygen atoms in total. The molecular formula is C19H19Cl2N3S. The highest BCUT2D eigenvalue weighted by Crippen LogP contribution is 2.29. The topological polar surface area (TPSA) is 30.7 Å². The lowest BCUT2D eigenvalue weighted by atomic mass is 10.0. The van der Waals surface area contributed by atoms with E-state index in [1.54, 1.807) is 11.8 Å². The molecule has 0 saturated heterocycles. The number of nitrogens with zero attached hydrogens (tertiary/aromatic N) is 3. The van der Waals surface area contributed by atoms with Gasteiger partial charge < -0.3 is 4.57 Å². The number of rotatable bonds is 5. The third kappa shape index (κ3) is 4.20. The molecule has 0 atom stereocenters. The van der Waals surface area contributed by atoms with Crippen LogP contribution in [0.3, 0.4) is 0 Å². The van der Waals surface area contributed by atoms with Crippen LogP contribution in [0.5, 0.6) is 0 Å². The summed E-state index contributed by atoms with van der Waals surface area (Å²) in [7, 11) is 1.99. The molecule has 0 radical (unpaired) electrons. The van der Waals surface area contributed by atoms with E-state index in [2.05, 4.69) is 48.3 Å². The van der Waals surface area contributed by atoms with Crippen LogP contribution in [0.15, 0.2) is 47.6 Å². The standard InChI is InChI=1S/C19H19Cl2N3S/c1-12(2)14-5-7-15(8-6-14)18-22-23-19(24(18)3)25-11-13-4-9-16(20)17(21)10-13/h4-10,12H,11H2,1-3H3. The summed E-state index contributed by atoms with van der Waals surface area (Å²) in [5.41, 5.74) is 3.49. The van der Waals surface area contributed by atoms with Gasteiger partial charge in [0.25, 0.3) is 0 Å². The highest BCUT2D eigenvalue weighted by molar-refractivity contribution is 7.98. The maximum atomic E-state index is 6.07. The van der Waals surface area contributed by atoms with Crippen LogP contribution < -0.4 is 0 Å². The average Bonchev–Trinajstić information content (AvgIpc) is 2.97. The fourth-order valence-corrected chi connectivity index (χ4v) is 3.66. The zero-order valence-electron chi connectivity index (χ0n) is 14.3. The van der Waals surface area contributed by atoms with Gasteiger partial charge in [-0.05, 0) is 29.2 Å². The largest absolute Gasteiger partial charge is 0.305 e. The molecular weight excluding hydrogens is 373 g/mol. The van der Waals surface area contributed by atoms with Gasteiger partial charge in [0, 0.05) is 18.4 Å². The monoisotopic (exact) mass is 391 g/mol. The molecule has 0 aliphatic carbocycles. The van der Waals surface area contributed by atoms with Crippen LogP contribution in [0.4, 0.5) is 0 Å². The number of hydrogen-bond acceptors (Lipinski definition) is 3. The van der Waals surface area contributed by atoms with Crippen molar-refractivity contribution in [3.8, 4) is 11.4 Å². The smallest absolute Gasteiger partial charge is 0.191 e. The molecule has 0 aliphatic rings. The summed E-state index contributed by atoms with van der Waals surface area (Å²) in [5, 5.41) is 10.7. The van der Waals surface area contributed by atoms with Gasteiger partial charge in [0.05, 0.1) is 10.0 Å². The summed E-state index contributed by atoms with van der Waals surface area (Å²) < 4.78 is 2.02. The fourth-order valence-electron chi connectivity index (χ4n) is 2.49. The van der Waals surface area contributed by atoms with Gasteiger partial charge in [-0.3, -0.25) is 0 Å². The SMILES string of the molecule is CC(C)c1ccc(-c2nnc(SCc3ccc(Cl)c(Cl)c3)n2C)cc1. The molecule has 25 heavy (non-hydrogen) atoms. The highest BCUT2D eigenvalue weighted by Gasteiger charge is 2.12. The van der Waals surface area contributed by atoms with E-state index in [9.17, 15) is 0 Å². The summed E-state index contributed by atoms with van der Waals surface area (Å²) in [6, 6.07) is 14.2.